The molecule has 8 heteroatoms. The van der Waals surface area contributed by atoms with Gasteiger partial charge in [-0.15, -0.1) is 23.5 Å². The number of rotatable bonds is 15. The third-order valence-electron chi connectivity index (χ3n) is 2.31. The summed E-state index contributed by atoms with van der Waals surface area (Å²) >= 11 is 6.80. The molecule has 0 heterocycles. The zero-order chi connectivity index (χ0) is 28.5. The van der Waals surface area contributed by atoms with Gasteiger partial charge in [-0.3, -0.25) is 10.1 Å². The number of aliphatic hydroxyl groups excluding tert-OH is 1. The molecule has 1 atom stereocenters. The molecular weight excluding hydrogens is 513 g/mol. The van der Waals surface area contributed by atoms with Crippen molar-refractivity contribution in [2.24, 2.45) is 0 Å². The van der Waals surface area contributed by atoms with E-state index in [1.807, 2.05) is 83.1 Å². The van der Waals surface area contributed by atoms with Gasteiger partial charge in [0.05, 0.1) is 5.75 Å². The third-order valence-corrected chi connectivity index (χ3v) is 5.85. The van der Waals surface area contributed by atoms with Crippen molar-refractivity contribution in [3.8, 4) is 0 Å². The van der Waals surface area contributed by atoms with Crippen molar-refractivity contribution in [1.82, 2.24) is 10.6 Å². The number of aliphatic hydroxyl groups is 1. The standard InChI is InChI=1S/C14H28N2O2S4.6C2H6.CH4/c1-3-19-11-13(17)15-5-7-21-9-10-22-8-6-16-14(18)12-20-4-2;6*1-2;/h9-10,13,15,17H,3-8,11-12H2,1-2H3,(H,16,18);6*1-2H3;1H4/b10-9-;;;;;;;. The van der Waals surface area contributed by atoms with Crippen LogP contribution in [0.2, 0.25) is 0 Å². The molecule has 0 saturated carbocycles. The summed E-state index contributed by atoms with van der Waals surface area (Å²) in [5, 5.41) is 19.7. The van der Waals surface area contributed by atoms with Gasteiger partial charge in [-0.05, 0) is 22.3 Å². The van der Waals surface area contributed by atoms with Crippen molar-refractivity contribution < 1.29 is 9.90 Å². The maximum absolute atomic E-state index is 11.3. The summed E-state index contributed by atoms with van der Waals surface area (Å²) in [5.74, 6) is 5.27. The highest BCUT2D eigenvalue weighted by atomic mass is 32.2. The van der Waals surface area contributed by atoms with Crippen molar-refractivity contribution in [3.63, 3.8) is 0 Å². The summed E-state index contributed by atoms with van der Waals surface area (Å²) in [7, 11) is 0. The lowest BCUT2D eigenvalue weighted by molar-refractivity contribution is -0.118. The fraction of sp³-hybridized carbons (Fsp3) is 0.889. The Hall–Kier alpha value is 0.530. The van der Waals surface area contributed by atoms with E-state index in [-0.39, 0.29) is 13.3 Å². The maximum Gasteiger partial charge on any atom is 0.230 e. The van der Waals surface area contributed by atoms with Gasteiger partial charge < -0.3 is 10.4 Å². The fourth-order valence-electron chi connectivity index (χ4n) is 1.28. The number of amides is 1. The van der Waals surface area contributed by atoms with Crippen LogP contribution in [0.1, 0.15) is 104 Å². The van der Waals surface area contributed by atoms with Crippen molar-refractivity contribution in [2.75, 3.05) is 47.6 Å². The normalized spacial score (nSPS) is 9.00. The Bertz CT molecular complexity index is 300. The van der Waals surface area contributed by atoms with Gasteiger partial charge in [0, 0.05) is 30.3 Å². The molecule has 0 fully saturated rings. The second kappa shape index (κ2) is 76.5. The van der Waals surface area contributed by atoms with Crippen molar-refractivity contribution in [2.45, 2.75) is 111 Å². The van der Waals surface area contributed by atoms with Crippen LogP contribution in [-0.2, 0) is 4.79 Å². The molecule has 0 spiro atoms. The van der Waals surface area contributed by atoms with Crippen LogP contribution >= 0.6 is 47.0 Å². The fourth-order valence-corrected chi connectivity index (χ4v) is 3.71. The number of carbonyl (C=O) groups excluding carboxylic acids is 1. The SMILES string of the molecule is C.CC.CC.CC.CC.CC.CC.CCSCC(=O)NCCS/C=C\SCCNC(O)CSCC. The summed E-state index contributed by atoms with van der Waals surface area (Å²) in [6.45, 7) is 29.7. The Labute approximate surface area is 241 Å². The second-order valence-corrected chi connectivity index (χ2v) is 8.75. The summed E-state index contributed by atoms with van der Waals surface area (Å²) in [6, 6.07) is 0. The molecule has 0 aromatic rings. The van der Waals surface area contributed by atoms with E-state index >= 15 is 0 Å². The zero-order valence-corrected chi connectivity index (χ0v) is 28.6. The maximum atomic E-state index is 11.3. The first kappa shape index (κ1) is 55.9. The molecular formula is C27H68N2O2S4. The van der Waals surface area contributed by atoms with Crippen LogP contribution in [0.15, 0.2) is 10.8 Å². The molecule has 0 aliphatic carbocycles. The molecule has 0 aliphatic rings. The lowest BCUT2D eigenvalue weighted by Gasteiger charge is -2.10. The first-order valence-corrected chi connectivity index (χ1v) is 17.8. The molecule has 1 amide bonds. The van der Waals surface area contributed by atoms with Crippen LogP contribution in [0, 0.1) is 0 Å². The minimum atomic E-state index is -0.404. The zero-order valence-electron chi connectivity index (χ0n) is 25.4. The average molecular weight is 581 g/mol. The molecule has 0 rings (SSSR count). The molecule has 0 aromatic heterocycles. The minimum Gasteiger partial charge on any atom is -0.378 e. The molecule has 0 aromatic carbocycles. The predicted molar refractivity (Wildman–Crippen MR) is 182 cm³/mol. The highest BCUT2D eigenvalue weighted by Gasteiger charge is 2.00. The molecule has 222 valence electrons. The van der Waals surface area contributed by atoms with Crippen LogP contribution in [0.3, 0.4) is 0 Å². The quantitative estimate of drug-likeness (QED) is 0.132. The summed E-state index contributed by atoms with van der Waals surface area (Å²) in [4.78, 5) is 11.3. The van der Waals surface area contributed by atoms with Crippen LogP contribution < -0.4 is 10.6 Å². The Balaban J connectivity index is -0.0000000809. The number of hydrogen-bond donors (Lipinski definition) is 3. The van der Waals surface area contributed by atoms with Crippen LogP contribution in [0.25, 0.3) is 0 Å². The largest absolute Gasteiger partial charge is 0.378 e. The number of hydrogen-bond acceptors (Lipinski definition) is 7. The Morgan fingerprint density at radius 1 is 0.743 bits per heavy atom. The topological polar surface area (TPSA) is 61.4 Å². The summed E-state index contributed by atoms with van der Waals surface area (Å²) in [6.07, 6.45) is -0.404. The van der Waals surface area contributed by atoms with Gasteiger partial charge in [0.2, 0.25) is 5.91 Å². The highest BCUT2D eigenvalue weighted by molar-refractivity contribution is 8.05. The van der Waals surface area contributed by atoms with Gasteiger partial charge in [0.25, 0.3) is 0 Å². The molecule has 0 bridgehead atoms. The van der Waals surface area contributed by atoms with E-state index in [1.165, 1.54) is 0 Å². The van der Waals surface area contributed by atoms with Gasteiger partial charge in [0.15, 0.2) is 0 Å². The van der Waals surface area contributed by atoms with Crippen molar-refractivity contribution in [1.29, 1.82) is 0 Å². The number of thioether (sulfide) groups is 4. The molecule has 0 saturated heterocycles. The van der Waals surface area contributed by atoms with E-state index in [9.17, 15) is 9.90 Å². The first-order chi connectivity index (χ1) is 16.7. The van der Waals surface area contributed by atoms with Crippen LogP contribution in [0.5, 0.6) is 0 Å². The minimum absolute atomic E-state index is 0. The van der Waals surface area contributed by atoms with E-state index in [2.05, 4.69) is 35.3 Å². The lowest BCUT2D eigenvalue weighted by Crippen LogP contribution is -2.32. The summed E-state index contributed by atoms with van der Waals surface area (Å²) < 4.78 is 0. The third kappa shape index (κ3) is 78.8. The predicted octanol–water partition coefficient (Wildman–Crippen LogP) is 9.25. The van der Waals surface area contributed by atoms with Crippen molar-refractivity contribution in [3.05, 3.63) is 10.8 Å². The smallest absolute Gasteiger partial charge is 0.230 e. The monoisotopic (exact) mass is 580 g/mol. The molecule has 3 N–H and O–H groups in total. The van der Waals surface area contributed by atoms with Gasteiger partial charge in [-0.25, -0.2) is 0 Å². The van der Waals surface area contributed by atoms with Gasteiger partial charge >= 0.3 is 0 Å². The number of carbonyl (C=O) groups is 1. The van der Waals surface area contributed by atoms with Crippen LogP contribution in [-0.4, -0.2) is 64.8 Å². The lowest BCUT2D eigenvalue weighted by atomic mass is 10.6. The second-order valence-electron chi connectivity index (χ2n) is 4.13. The van der Waals surface area contributed by atoms with E-state index < -0.39 is 6.23 Å². The van der Waals surface area contributed by atoms with E-state index in [0.717, 1.165) is 35.3 Å². The van der Waals surface area contributed by atoms with Gasteiger partial charge in [-0.2, -0.15) is 23.5 Å². The van der Waals surface area contributed by atoms with Crippen molar-refractivity contribution >= 4 is 53.0 Å². The first-order valence-electron chi connectivity index (χ1n) is 13.4. The van der Waals surface area contributed by atoms with Gasteiger partial charge in [0.1, 0.15) is 6.23 Å². The van der Waals surface area contributed by atoms with E-state index in [1.54, 1.807) is 47.0 Å². The molecule has 0 aliphatic heterocycles. The Morgan fingerprint density at radius 3 is 1.54 bits per heavy atom. The molecule has 4 nitrogen and oxygen atoms in total. The molecule has 0 radical (unpaired) electrons. The molecule has 1 unspecified atom stereocenters. The average Bonchev–Trinajstić information content (AvgIpc) is 2.94. The molecule has 35 heavy (non-hydrogen) atoms. The Morgan fingerprint density at radius 2 is 1.14 bits per heavy atom. The summed E-state index contributed by atoms with van der Waals surface area (Å²) in [5.41, 5.74) is 0. The Kier molecular flexibility index (Phi) is 122. The van der Waals surface area contributed by atoms with Gasteiger partial charge in [-0.1, -0.05) is 104 Å². The van der Waals surface area contributed by atoms with Crippen LogP contribution in [0.4, 0.5) is 0 Å². The highest BCUT2D eigenvalue weighted by Crippen LogP contribution is 2.08. The number of nitrogens with one attached hydrogen (secondary N) is 2. The van der Waals surface area contributed by atoms with E-state index in [0.29, 0.717) is 12.3 Å². The van der Waals surface area contributed by atoms with E-state index in [4.69, 9.17) is 0 Å².